The lowest BCUT2D eigenvalue weighted by molar-refractivity contribution is -0.141. The second-order valence-corrected chi connectivity index (χ2v) is 8.19. The molecule has 0 unspecified atom stereocenters. The maximum absolute atomic E-state index is 13.1. The average molecular weight is 407 g/mol. The van der Waals surface area contributed by atoms with E-state index in [9.17, 15) is 13.2 Å². The Balaban J connectivity index is 1.26. The summed E-state index contributed by atoms with van der Waals surface area (Å²) in [7, 11) is 0. The molecular formula is C19H24F3N7. The lowest BCUT2D eigenvalue weighted by Crippen LogP contribution is -2.46. The maximum Gasteiger partial charge on any atom is 0.433 e. The van der Waals surface area contributed by atoms with Gasteiger partial charge in [0.1, 0.15) is 29.5 Å². The molecule has 0 atom stereocenters. The molecule has 3 aliphatic rings. The van der Waals surface area contributed by atoms with E-state index >= 15 is 0 Å². The van der Waals surface area contributed by atoms with Gasteiger partial charge in [-0.25, -0.2) is 9.97 Å². The van der Waals surface area contributed by atoms with Gasteiger partial charge < -0.3 is 9.47 Å². The number of hydrogen-bond donors (Lipinski definition) is 0. The summed E-state index contributed by atoms with van der Waals surface area (Å²) >= 11 is 0. The Bertz CT molecular complexity index is 869. The number of aromatic nitrogens is 5. The maximum atomic E-state index is 13.1. The second kappa shape index (κ2) is 7.23. The fraction of sp³-hybridized carbons (Fsp3) is 0.684. The van der Waals surface area contributed by atoms with Crippen LogP contribution in [0.1, 0.15) is 49.4 Å². The van der Waals surface area contributed by atoms with Crippen molar-refractivity contribution in [1.82, 2.24) is 29.6 Å². The molecule has 1 saturated heterocycles. The molecule has 2 aromatic rings. The fourth-order valence-corrected chi connectivity index (χ4v) is 4.55. The minimum Gasteiger partial charge on any atom is -0.350 e. The predicted octanol–water partition coefficient (Wildman–Crippen LogP) is 2.67. The van der Waals surface area contributed by atoms with Gasteiger partial charge in [-0.05, 0) is 32.1 Å². The molecule has 0 aromatic carbocycles. The molecule has 4 heterocycles. The van der Waals surface area contributed by atoms with Crippen LogP contribution in [0.2, 0.25) is 0 Å². The van der Waals surface area contributed by atoms with Crippen LogP contribution in [0, 0.1) is 0 Å². The molecular weight excluding hydrogens is 383 g/mol. The normalized spacial score (nSPS) is 20.8. The molecule has 0 N–H and O–H groups in total. The predicted molar refractivity (Wildman–Crippen MR) is 99.2 cm³/mol. The number of halogens is 3. The number of alkyl halides is 3. The molecule has 0 spiro atoms. The molecule has 2 aromatic heterocycles. The standard InChI is InChI=1S/C19H24F3N7/c20-19(21,22)15-10-17(24-12-23-15)29(13-3-4-13)14-5-8-27(9-6-14)11-18-26-25-16-2-1-7-28(16)18/h10,12-14H,1-9,11H2. The smallest absolute Gasteiger partial charge is 0.350 e. The molecule has 7 nitrogen and oxygen atoms in total. The molecule has 1 aliphatic carbocycles. The van der Waals surface area contributed by atoms with Crippen LogP contribution < -0.4 is 4.90 Å². The second-order valence-electron chi connectivity index (χ2n) is 8.19. The Morgan fingerprint density at radius 3 is 2.48 bits per heavy atom. The number of nitrogens with zero attached hydrogens (tertiary/aromatic N) is 7. The van der Waals surface area contributed by atoms with Crippen LogP contribution in [-0.4, -0.2) is 54.8 Å². The number of anilines is 1. The zero-order valence-corrected chi connectivity index (χ0v) is 16.1. The molecule has 10 heteroatoms. The van der Waals surface area contributed by atoms with E-state index in [1.165, 1.54) is 0 Å². The van der Waals surface area contributed by atoms with Crippen LogP contribution in [0.3, 0.4) is 0 Å². The summed E-state index contributed by atoms with van der Waals surface area (Å²) in [5.41, 5.74) is -0.869. The largest absolute Gasteiger partial charge is 0.433 e. The molecule has 2 fully saturated rings. The first kappa shape index (κ1) is 18.8. The zero-order valence-electron chi connectivity index (χ0n) is 16.1. The molecule has 29 heavy (non-hydrogen) atoms. The van der Waals surface area contributed by atoms with Gasteiger partial charge in [0.2, 0.25) is 0 Å². The summed E-state index contributed by atoms with van der Waals surface area (Å²) in [4.78, 5) is 12.1. The van der Waals surface area contributed by atoms with Gasteiger partial charge in [-0.3, -0.25) is 4.90 Å². The minimum absolute atomic E-state index is 0.207. The van der Waals surface area contributed by atoms with E-state index in [1.807, 2.05) is 0 Å². The minimum atomic E-state index is -4.45. The van der Waals surface area contributed by atoms with Gasteiger partial charge in [0.15, 0.2) is 0 Å². The van der Waals surface area contributed by atoms with Crippen LogP contribution >= 0.6 is 0 Å². The third-order valence-electron chi connectivity index (χ3n) is 6.15. The molecule has 0 bridgehead atoms. The number of rotatable bonds is 5. The van der Waals surface area contributed by atoms with E-state index in [0.29, 0.717) is 11.9 Å². The summed E-state index contributed by atoms with van der Waals surface area (Å²) in [5.74, 6) is 2.52. The van der Waals surface area contributed by atoms with Crippen LogP contribution in [0.15, 0.2) is 12.4 Å². The van der Waals surface area contributed by atoms with Crippen molar-refractivity contribution < 1.29 is 13.2 Å². The highest BCUT2D eigenvalue weighted by molar-refractivity contribution is 5.44. The summed E-state index contributed by atoms with van der Waals surface area (Å²) in [5, 5.41) is 8.62. The summed E-state index contributed by atoms with van der Waals surface area (Å²) < 4.78 is 41.5. The van der Waals surface area contributed by atoms with Crippen LogP contribution in [-0.2, 0) is 25.7 Å². The Hall–Kier alpha value is -2.23. The molecule has 1 saturated carbocycles. The van der Waals surface area contributed by atoms with Gasteiger partial charge in [0.05, 0.1) is 6.54 Å². The Morgan fingerprint density at radius 2 is 1.76 bits per heavy atom. The van der Waals surface area contributed by atoms with Gasteiger partial charge in [0.25, 0.3) is 0 Å². The molecule has 156 valence electrons. The molecule has 0 radical (unpaired) electrons. The van der Waals surface area contributed by atoms with E-state index in [2.05, 4.69) is 34.5 Å². The summed E-state index contributed by atoms with van der Waals surface area (Å²) in [6.45, 7) is 3.58. The van der Waals surface area contributed by atoms with Crippen molar-refractivity contribution in [1.29, 1.82) is 0 Å². The third kappa shape index (κ3) is 3.82. The van der Waals surface area contributed by atoms with E-state index < -0.39 is 11.9 Å². The van der Waals surface area contributed by atoms with E-state index in [-0.39, 0.29) is 6.04 Å². The summed E-state index contributed by atoms with van der Waals surface area (Å²) in [6, 6.07) is 1.60. The quantitative estimate of drug-likeness (QED) is 0.760. The van der Waals surface area contributed by atoms with Crippen molar-refractivity contribution in [3.8, 4) is 0 Å². The lowest BCUT2D eigenvalue weighted by Gasteiger charge is -2.39. The fourth-order valence-electron chi connectivity index (χ4n) is 4.55. The number of aryl methyl sites for hydroxylation is 1. The van der Waals surface area contributed by atoms with Gasteiger partial charge in [-0.1, -0.05) is 0 Å². The highest BCUT2D eigenvalue weighted by Gasteiger charge is 2.39. The highest BCUT2D eigenvalue weighted by Crippen LogP contribution is 2.37. The Kier molecular flexibility index (Phi) is 4.68. The van der Waals surface area contributed by atoms with Gasteiger partial charge in [-0.2, -0.15) is 13.2 Å². The van der Waals surface area contributed by atoms with Crippen LogP contribution in [0.5, 0.6) is 0 Å². The van der Waals surface area contributed by atoms with E-state index in [4.69, 9.17) is 0 Å². The van der Waals surface area contributed by atoms with Crippen LogP contribution in [0.4, 0.5) is 19.0 Å². The molecule has 5 rings (SSSR count). The first-order valence-corrected chi connectivity index (χ1v) is 10.3. The van der Waals surface area contributed by atoms with Gasteiger partial charge in [0, 0.05) is 44.2 Å². The van der Waals surface area contributed by atoms with Crippen molar-refractivity contribution in [2.75, 3.05) is 18.0 Å². The number of piperidine rings is 1. The monoisotopic (exact) mass is 407 g/mol. The van der Waals surface area contributed by atoms with Gasteiger partial charge in [-0.15, -0.1) is 10.2 Å². The lowest BCUT2D eigenvalue weighted by atomic mass is 10.0. The van der Waals surface area contributed by atoms with Gasteiger partial charge >= 0.3 is 6.18 Å². The Morgan fingerprint density at radius 1 is 1.00 bits per heavy atom. The SMILES string of the molecule is FC(F)(F)c1cc(N(C2CC2)C2CCN(Cc3nnc4n3CCC4)CC2)ncn1. The van der Waals surface area contributed by atoms with Crippen molar-refractivity contribution >= 4 is 5.82 Å². The molecule has 0 amide bonds. The Labute approximate surface area is 166 Å². The van der Waals surface area contributed by atoms with Crippen molar-refractivity contribution in [3.05, 3.63) is 29.7 Å². The number of hydrogen-bond acceptors (Lipinski definition) is 6. The van der Waals surface area contributed by atoms with E-state index in [1.54, 1.807) is 0 Å². The number of fused-ring (bicyclic) bond motifs is 1. The van der Waals surface area contributed by atoms with Crippen molar-refractivity contribution in [2.24, 2.45) is 0 Å². The first-order chi connectivity index (χ1) is 14.0. The van der Waals surface area contributed by atoms with Crippen LogP contribution in [0.25, 0.3) is 0 Å². The third-order valence-corrected chi connectivity index (χ3v) is 6.15. The molecule has 2 aliphatic heterocycles. The van der Waals surface area contributed by atoms with E-state index in [0.717, 1.165) is 88.7 Å². The first-order valence-electron chi connectivity index (χ1n) is 10.3. The average Bonchev–Trinajstić information content (AvgIpc) is 3.29. The zero-order chi connectivity index (χ0) is 20.0. The van der Waals surface area contributed by atoms with Crippen molar-refractivity contribution in [2.45, 2.75) is 69.9 Å². The summed E-state index contributed by atoms with van der Waals surface area (Å²) in [6.07, 6.45) is 2.56. The highest BCUT2D eigenvalue weighted by atomic mass is 19.4. The topological polar surface area (TPSA) is 63.0 Å². The number of likely N-dealkylation sites (tertiary alicyclic amines) is 1. The van der Waals surface area contributed by atoms with Crippen molar-refractivity contribution in [3.63, 3.8) is 0 Å².